The Morgan fingerprint density at radius 2 is 1.89 bits per heavy atom. The van der Waals surface area contributed by atoms with Crippen molar-refractivity contribution in [2.75, 3.05) is 0 Å². The number of hydrogen-bond acceptors (Lipinski definition) is 3. The molecule has 1 atom stereocenters. The van der Waals surface area contributed by atoms with Gasteiger partial charge in [0.2, 0.25) is 0 Å². The Labute approximate surface area is 158 Å². The van der Waals surface area contributed by atoms with Gasteiger partial charge in [-0.05, 0) is 38.3 Å². The second-order valence-electron chi connectivity index (χ2n) is 7.49. The van der Waals surface area contributed by atoms with E-state index >= 15 is 0 Å². The summed E-state index contributed by atoms with van der Waals surface area (Å²) < 4.78 is 6.13. The molecule has 1 amide bonds. The van der Waals surface area contributed by atoms with Crippen LogP contribution in [0.4, 0.5) is 0 Å². The fraction of sp³-hybridized carbons (Fsp3) is 0.304. The van der Waals surface area contributed by atoms with Crippen LogP contribution in [0.3, 0.4) is 0 Å². The Morgan fingerprint density at radius 1 is 1.15 bits per heavy atom. The molecule has 4 nitrogen and oxygen atoms in total. The lowest BCUT2D eigenvalue weighted by atomic mass is 10.0. The van der Waals surface area contributed by atoms with Crippen LogP contribution in [-0.4, -0.2) is 11.9 Å². The molecule has 1 aromatic heterocycles. The molecular weight excluding hydrogens is 338 g/mol. The van der Waals surface area contributed by atoms with Crippen LogP contribution in [0.15, 0.2) is 57.7 Å². The van der Waals surface area contributed by atoms with Gasteiger partial charge in [-0.15, -0.1) is 0 Å². The quantitative estimate of drug-likeness (QED) is 0.717. The summed E-state index contributed by atoms with van der Waals surface area (Å²) in [4.78, 5) is 25.7. The lowest BCUT2D eigenvalue weighted by molar-refractivity contribution is 0.0938. The largest absolute Gasteiger partial charge is 0.455 e. The van der Waals surface area contributed by atoms with Crippen LogP contribution in [0.2, 0.25) is 0 Å². The number of carbonyl (C=O) groups excluding carboxylic acids is 1. The van der Waals surface area contributed by atoms with Crippen molar-refractivity contribution >= 4 is 16.9 Å². The van der Waals surface area contributed by atoms with Crippen LogP contribution in [0.5, 0.6) is 0 Å². The van der Waals surface area contributed by atoms with Crippen LogP contribution in [0.25, 0.3) is 22.3 Å². The van der Waals surface area contributed by atoms with Gasteiger partial charge in [0.1, 0.15) is 5.76 Å². The van der Waals surface area contributed by atoms with Crippen LogP contribution in [0, 0.1) is 12.8 Å². The standard InChI is InChI=1S/C23H23NO3/c1-14(13-16-11-12-16)24-23(26)19-10-6-9-18-20(25)15(2)21(27-22(18)19)17-7-4-3-5-8-17/h3-10,14,16H,11-13H2,1-2H3,(H,24,26). The molecule has 1 saturated carbocycles. The van der Waals surface area contributed by atoms with Gasteiger partial charge in [0.05, 0.1) is 10.9 Å². The Kier molecular flexibility index (Phi) is 4.56. The Morgan fingerprint density at radius 3 is 2.59 bits per heavy atom. The third kappa shape index (κ3) is 3.52. The number of hydrogen-bond donors (Lipinski definition) is 1. The van der Waals surface area contributed by atoms with Crippen molar-refractivity contribution in [3.05, 3.63) is 69.9 Å². The fourth-order valence-electron chi connectivity index (χ4n) is 3.57. The third-order valence-electron chi connectivity index (χ3n) is 5.19. The molecule has 1 fully saturated rings. The second kappa shape index (κ2) is 7.03. The van der Waals surface area contributed by atoms with Crippen molar-refractivity contribution in [3.8, 4) is 11.3 Å². The molecule has 3 aromatic rings. The summed E-state index contributed by atoms with van der Waals surface area (Å²) in [5, 5.41) is 3.49. The molecular formula is C23H23NO3. The van der Waals surface area contributed by atoms with Gasteiger partial charge in [-0.1, -0.05) is 49.2 Å². The molecule has 1 aliphatic rings. The van der Waals surface area contributed by atoms with E-state index in [1.54, 1.807) is 25.1 Å². The zero-order chi connectivity index (χ0) is 19.0. The molecule has 1 N–H and O–H groups in total. The lowest BCUT2D eigenvalue weighted by Crippen LogP contribution is -2.33. The number of para-hydroxylation sites is 1. The average molecular weight is 361 g/mol. The topological polar surface area (TPSA) is 59.3 Å². The Bertz CT molecular complexity index is 1050. The van der Waals surface area contributed by atoms with Crippen molar-refractivity contribution < 1.29 is 9.21 Å². The molecule has 0 aliphatic heterocycles. The number of rotatable bonds is 5. The smallest absolute Gasteiger partial charge is 0.255 e. The van der Waals surface area contributed by atoms with E-state index in [1.807, 2.05) is 37.3 Å². The summed E-state index contributed by atoms with van der Waals surface area (Å²) in [5.74, 6) is 1.05. The van der Waals surface area contributed by atoms with E-state index in [-0.39, 0.29) is 17.4 Å². The summed E-state index contributed by atoms with van der Waals surface area (Å²) in [7, 11) is 0. The van der Waals surface area contributed by atoms with Crippen molar-refractivity contribution in [3.63, 3.8) is 0 Å². The molecule has 0 bridgehead atoms. The van der Waals surface area contributed by atoms with E-state index in [4.69, 9.17) is 4.42 Å². The van der Waals surface area contributed by atoms with Gasteiger partial charge in [0.25, 0.3) is 5.91 Å². The van der Waals surface area contributed by atoms with Gasteiger partial charge in [0.15, 0.2) is 11.0 Å². The summed E-state index contributed by atoms with van der Waals surface area (Å²) in [6.45, 7) is 3.79. The summed E-state index contributed by atoms with van der Waals surface area (Å²) >= 11 is 0. The first-order valence-electron chi connectivity index (χ1n) is 9.47. The van der Waals surface area contributed by atoms with E-state index in [1.165, 1.54) is 12.8 Å². The Balaban J connectivity index is 1.78. The number of benzene rings is 2. The maximum absolute atomic E-state index is 12.9. The van der Waals surface area contributed by atoms with Crippen molar-refractivity contribution in [1.82, 2.24) is 5.32 Å². The lowest BCUT2D eigenvalue weighted by Gasteiger charge is -2.15. The van der Waals surface area contributed by atoms with Crippen LogP contribution >= 0.6 is 0 Å². The summed E-state index contributed by atoms with van der Waals surface area (Å²) in [6, 6.07) is 14.8. The second-order valence-corrected chi connectivity index (χ2v) is 7.49. The van der Waals surface area contributed by atoms with Crippen LogP contribution < -0.4 is 10.7 Å². The molecule has 2 aromatic carbocycles. The molecule has 0 radical (unpaired) electrons. The predicted octanol–water partition coefficient (Wildman–Crippen LogP) is 4.69. The maximum Gasteiger partial charge on any atom is 0.255 e. The average Bonchev–Trinajstić information content (AvgIpc) is 3.48. The molecule has 138 valence electrons. The van der Waals surface area contributed by atoms with Gasteiger partial charge in [-0.25, -0.2) is 0 Å². The highest BCUT2D eigenvalue weighted by Crippen LogP contribution is 2.33. The number of amides is 1. The molecule has 0 spiro atoms. The van der Waals surface area contributed by atoms with Crippen molar-refractivity contribution in [2.45, 2.75) is 39.2 Å². The van der Waals surface area contributed by atoms with Gasteiger partial charge in [-0.3, -0.25) is 9.59 Å². The van der Waals surface area contributed by atoms with Crippen LogP contribution in [-0.2, 0) is 0 Å². The molecule has 1 heterocycles. The van der Waals surface area contributed by atoms with Gasteiger partial charge in [0, 0.05) is 17.2 Å². The summed E-state index contributed by atoms with van der Waals surface area (Å²) in [5.41, 5.74) is 2.03. The number of fused-ring (bicyclic) bond motifs is 1. The van der Waals surface area contributed by atoms with Crippen LogP contribution in [0.1, 0.15) is 42.1 Å². The zero-order valence-corrected chi connectivity index (χ0v) is 15.6. The highest BCUT2D eigenvalue weighted by molar-refractivity contribution is 6.05. The molecule has 1 aliphatic carbocycles. The normalized spacial score (nSPS) is 14.9. The number of carbonyl (C=O) groups is 1. The molecule has 4 heteroatoms. The first-order chi connectivity index (χ1) is 13.0. The van der Waals surface area contributed by atoms with E-state index in [9.17, 15) is 9.59 Å². The zero-order valence-electron chi connectivity index (χ0n) is 15.6. The number of nitrogens with one attached hydrogen (secondary N) is 1. The van der Waals surface area contributed by atoms with E-state index in [2.05, 4.69) is 5.32 Å². The Hall–Kier alpha value is -2.88. The van der Waals surface area contributed by atoms with E-state index < -0.39 is 0 Å². The van der Waals surface area contributed by atoms with Gasteiger partial charge >= 0.3 is 0 Å². The minimum atomic E-state index is -0.195. The maximum atomic E-state index is 12.9. The van der Waals surface area contributed by atoms with E-state index in [0.717, 1.165) is 17.9 Å². The monoisotopic (exact) mass is 361 g/mol. The molecule has 4 rings (SSSR count). The first kappa shape index (κ1) is 17.5. The fourth-order valence-corrected chi connectivity index (χ4v) is 3.57. The third-order valence-corrected chi connectivity index (χ3v) is 5.19. The van der Waals surface area contributed by atoms with Crippen molar-refractivity contribution in [2.24, 2.45) is 5.92 Å². The minimum Gasteiger partial charge on any atom is -0.455 e. The molecule has 0 saturated heterocycles. The minimum absolute atomic E-state index is 0.101. The highest BCUT2D eigenvalue weighted by Gasteiger charge is 2.25. The molecule has 1 unspecified atom stereocenters. The SMILES string of the molecule is Cc1c(-c2ccccc2)oc2c(C(=O)NC(C)CC3CC3)cccc2c1=O. The van der Waals surface area contributed by atoms with Gasteiger partial charge in [-0.2, -0.15) is 0 Å². The molecule has 27 heavy (non-hydrogen) atoms. The first-order valence-corrected chi connectivity index (χ1v) is 9.47. The van der Waals surface area contributed by atoms with Gasteiger partial charge < -0.3 is 9.73 Å². The van der Waals surface area contributed by atoms with E-state index in [0.29, 0.717) is 27.9 Å². The summed E-state index contributed by atoms with van der Waals surface area (Å²) in [6.07, 6.45) is 3.50. The van der Waals surface area contributed by atoms with Crippen molar-refractivity contribution in [1.29, 1.82) is 0 Å². The highest BCUT2D eigenvalue weighted by atomic mass is 16.3. The predicted molar refractivity (Wildman–Crippen MR) is 107 cm³/mol.